The molecule has 14 nitrogen and oxygen atoms in total. The van der Waals surface area contributed by atoms with Gasteiger partial charge in [0.15, 0.2) is 0 Å². The van der Waals surface area contributed by atoms with E-state index in [4.69, 9.17) is 19.4 Å². The largest absolute Gasteiger partial charge is 0.453 e. The smallest absolute Gasteiger partial charge is 0.407 e. The maximum absolute atomic E-state index is 13.8. The standard InChI is InChI=1S/C47H58N8O6/c1-9-38(54(10-2)44(56)40(26(3)4)52-46(58)60-7)42-48-25-37(51-42)32-16-19-34-31(23-32)14-13-30-22-28(15-18-33(30)34)29-17-20-35-36(24-29)50-43(49-35)39-12-11-21-55(39)45(57)41(27(5)6)53-47(59)61-8/h15-20,22-27,38-41H,9-14,21H2,1-8H3,(H,48,51)(H,49,50)(H,52,58)(H,53,59)/t38-,39-,40-,41-/m0/s1. The van der Waals surface area contributed by atoms with Crippen LogP contribution in [-0.4, -0.2) is 93.1 Å². The van der Waals surface area contributed by atoms with Crippen LogP contribution >= 0.6 is 0 Å². The van der Waals surface area contributed by atoms with Crippen LogP contribution in [0, 0.1) is 11.8 Å². The number of aromatic amines is 2. The average molecular weight is 831 g/mol. The molecule has 1 fully saturated rings. The van der Waals surface area contributed by atoms with Crippen molar-refractivity contribution in [1.29, 1.82) is 0 Å². The van der Waals surface area contributed by atoms with Crippen molar-refractivity contribution in [3.8, 4) is 33.5 Å². The number of aryl methyl sites for hydroxylation is 2. The van der Waals surface area contributed by atoms with E-state index in [1.165, 1.54) is 36.5 Å². The average Bonchev–Trinajstić information content (AvgIpc) is 4.05. The lowest BCUT2D eigenvalue weighted by Gasteiger charge is -2.33. The maximum Gasteiger partial charge on any atom is 0.407 e. The van der Waals surface area contributed by atoms with E-state index in [2.05, 4.69) is 69.1 Å². The fourth-order valence-corrected chi connectivity index (χ4v) is 8.92. The molecule has 3 heterocycles. The summed E-state index contributed by atoms with van der Waals surface area (Å²) in [6.07, 6.45) is 4.67. The van der Waals surface area contributed by atoms with Crippen molar-refractivity contribution in [2.45, 2.75) is 97.8 Å². The first-order valence-electron chi connectivity index (χ1n) is 21.5. The molecule has 61 heavy (non-hydrogen) atoms. The number of carbonyl (C=O) groups excluding carboxylic acids is 4. The number of alkyl carbamates (subject to hydrolysis) is 2. The van der Waals surface area contributed by atoms with Gasteiger partial charge in [-0.3, -0.25) is 9.59 Å². The number of nitrogens with one attached hydrogen (secondary N) is 4. The molecule has 0 spiro atoms. The van der Waals surface area contributed by atoms with Gasteiger partial charge in [-0.2, -0.15) is 0 Å². The Balaban J connectivity index is 1.08. The number of imidazole rings is 2. The molecule has 0 saturated carbocycles. The molecule has 7 rings (SSSR count). The minimum absolute atomic E-state index is 0.106. The molecule has 1 aliphatic heterocycles. The number of ether oxygens (including phenoxy) is 2. The third-order valence-electron chi connectivity index (χ3n) is 12.2. The highest BCUT2D eigenvalue weighted by molar-refractivity contribution is 5.88. The van der Waals surface area contributed by atoms with Gasteiger partial charge in [-0.25, -0.2) is 19.6 Å². The van der Waals surface area contributed by atoms with Gasteiger partial charge in [0.2, 0.25) is 11.8 Å². The minimum Gasteiger partial charge on any atom is -0.453 e. The number of hydrogen-bond acceptors (Lipinski definition) is 8. The number of rotatable bonds is 13. The summed E-state index contributed by atoms with van der Waals surface area (Å²) in [5, 5.41) is 5.43. The van der Waals surface area contributed by atoms with Crippen LogP contribution in [0.2, 0.25) is 0 Å². The Morgan fingerprint density at radius 3 is 2.05 bits per heavy atom. The quantitative estimate of drug-likeness (QED) is 0.0921. The molecule has 2 aliphatic rings. The van der Waals surface area contributed by atoms with Crippen molar-refractivity contribution in [3.05, 3.63) is 83.6 Å². The molecular formula is C47H58N8O6. The van der Waals surface area contributed by atoms with Crippen LogP contribution in [0.15, 0.2) is 60.8 Å². The number of fused-ring (bicyclic) bond motifs is 4. The van der Waals surface area contributed by atoms with Gasteiger partial charge >= 0.3 is 12.2 Å². The van der Waals surface area contributed by atoms with E-state index in [1.807, 2.05) is 58.7 Å². The van der Waals surface area contributed by atoms with E-state index >= 15 is 0 Å². The van der Waals surface area contributed by atoms with Gasteiger partial charge in [0.1, 0.15) is 23.7 Å². The molecule has 1 aliphatic carbocycles. The highest BCUT2D eigenvalue weighted by Gasteiger charge is 2.38. The lowest BCUT2D eigenvalue weighted by molar-refractivity contribution is -0.137. The van der Waals surface area contributed by atoms with Crippen molar-refractivity contribution < 1.29 is 28.7 Å². The number of amides is 4. The molecule has 322 valence electrons. The zero-order valence-corrected chi connectivity index (χ0v) is 36.4. The normalized spacial score (nSPS) is 16.2. The van der Waals surface area contributed by atoms with E-state index in [0.29, 0.717) is 25.3 Å². The monoisotopic (exact) mass is 830 g/mol. The third kappa shape index (κ3) is 8.71. The second-order valence-corrected chi connectivity index (χ2v) is 16.7. The summed E-state index contributed by atoms with van der Waals surface area (Å²) in [5.41, 5.74) is 10.9. The lowest BCUT2D eigenvalue weighted by Crippen LogP contribution is -2.52. The number of likely N-dealkylation sites (N-methyl/N-ethyl adjacent to an activating group) is 1. The summed E-state index contributed by atoms with van der Waals surface area (Å²) in [6, 6.07) is 17.6. The van der Waals surface area contributed by atoms with Crippen molar-refractivity contribution >= 4 is 35.0 Å². The molecule has 5 aromatic rings. The van der Waals surface area contributed by atoms with E-state index < -0.39 is 24.3 Å². The Hall–Kier alpha value is -6.18. The van der Waals surface area contributed by atoms with Crippen molar-refractivity contribution in [2.24, 2.45) is 11.8 Å². The summed E-state index contributed by atoms with van der Waals surface area (Å²) in [5.74, 6) is 0.913. The van der Waals surface area contributed by atoms with Crippen LogP contribution in [0.25, 0.3) is 44.5 Å². The number of carbonyl (C=O) groups is 4. The van der Waals surface area contributed by atoms with Gasteiger partial charge in [0.05, 0.1) is 49.2 Å². The molecule has 1 saturated heterocycles. The van der Waals surface area contributed by atoms with Crippen LogP contribution in [0.3, 0.4) is 0 Å². The Kier molecular flexibility index (Phi) is 12.8. The number of benzene rings is 3. The summed E-state index contributed by atoms with van der Waals surface area (Å²) in [4.78, 5) is 71.9. The molecule has 14 heteroatoms. The molecule has 4 N–H and O–H groups in total. The first-order valence-corrected chi connectivity index (χ1v) is 21.5. The first kappa shape index (κ1) is 42.9. The number of hydrogen-bond donors (Lipinski definition) is 4. The van der Waals surface area contributed by atoms with Crippen LogP contribution < -0.4 is 10.6 Å². The topological polar surface area (TPSA) is 175 Å². The molecule has 0 radical (unpaired) electrons. The molecular weight excluding hydrogens is 773 g/mol. The van der Waals surface area contributed by atoms with Crippen LogP contribution in [-0.2, 0) is 31.9 Å². The molecule has 0 unspecified atom stereocenters. The highest BCUT2D eigenvalue weighted by Crippen LogP contribution is 2.39. The zero-order valence-electron chi connectivity index (χ0n) is 36.4. The Morgan fingerprint density at radius 2 is 1.43 bits per heavy atom. The summed E-state index contributed by atoms with van der Waals surface area (Å²) < 4.78 is 9.58. The Bertz CT molecular complexity index is 2420. The number of aromatic nitrogens is 4. The summed E-state index contributed by atoms with van der Waals surface area (Å²) >= 11 is 0. The number of nitrogens with zero attached hydrogens (tertiary/aromatic N) is 4. The SMILES string of the molecule is CC[C@@H](c1ncc(-c2ccc3c(c2)CCc2cc(-c4ccc5nc([C@@H]6CCCN6C(=O)[C@@H](NC(=O)OC)C(C)C)[nH]c5c4)ccc2-3)[nH]1)N(CC)C(=O)[C@@H](NC(=O)OC)C(C)C. The third-order valence-corrected chi connectivity index (χ3v) is 12.2. The molecule has 4 atom stereocenters. The predicted molar refractivity (Wildman–Crippen MR) is 234 cm³/mol. The van der Waals surface area contributed by atoms with Gasteiger partial charge in [-0.05, 0) is 108 Å². The van der Waals surface area contributed by atoms with Gasteiger partial charge in [0, 0.05) is 13.1 Å². The summed E-state index contributed by atoms with van der Waals surface area (Å²) in [6.45, 7) is 12.6. The highest BCUT2D eigenvalue weighted by atomic mass is 16.5. The molecule has 4 amide bonds. The number of H-pyrrole nitrogens is 2. The van der Waals surface area contributed by atoms with Crippen molar-refractivity contribution in [3.63, 3.8) is 0 Å². The van der Waals surface area contributed by atoms with Gasteiger partial charge in [0.25, 0.3) is 0 Å². The Labute approximate surface area is 357 Å². The molecule has 2 aromatic heterocycles. The van der Waals surface area contributed by atoms with Crippen LogP contribution in [0.5, 0.6) is 0 Å². The number of likely N-dealkylation sites (tertiary alicyclic amines) is 1. The summed E-state index contributed by atoms with van der Waals surface area (Å²) in [7, 11) is 2.59. The number of methoxy groups -OCH3 is 2. The second kappa shape index (κ2) is 18.2. The Morgan fingerprint density at radius 1 is 0.820 bits per heavy atom. The van der Waals surface area contributed by atoms with Crippen LogP contribution in [0.1, 0.15) is 95.7 Å². The van der Waals surface area contributed by atoms with Gasteiger partial charge in [-0.15, -0.1) is 0 Å². The van der Waals surface area contributed by atoms with E-state index in [0.717, 1.165) is 64.9 Å². The van der Waals surface area contributed by atoms with E-state index in [9.17, 15) is 19.2 Å². The van der Waals surface area contributed by atoms with Gasteiger partial charge in [-0.1, -0.05) is 71.0 Å². The predicted octanol–water partition coefficient (Wildman–Crippen LogP) is 8.11. The van der Waals surface area contributed by atoms with Gasteiger partial charge < -0.3 is 39.9 Å². The fraction of sp³-hybridized carbons (Fsp3) is 0.447. The van der Waals surface area contributed by atoms with Crippen molar-refractivity contribution in [1.82, 2.24) is 40.4 Å². The second-order valence-electron chi connectivity index (χ2n) is 16.7. The molecule has 0 bridgehead atoms. The molecule has 3 aromatic carbocycles. The van der Waals surface area contributed by atoms with Crippen molar-refractivity contribution in [2.75, 3.05) is 27.3 Å². The first-order chi connectivity index (χ1) is 29.3. The minimum atomic E-state index is -0.722. The fourth-order valence-electron chi connectivity index (χ4n) is 8.92. The van der Waals surface area contributed by atoms with E-state index in [1.54, 1.807) is 4.90 Å². The lowest BCUT2D eigenvalue weighted by atomic mass is 9.83. The van der Waals surface area contributed by atoms with E-state index in [-0.39, 0.29) is 35.7 Å². The van der Waals surface area contributed by atoms with Crippen LogP contribution in [0.4, 0.5) is 9.59 Å². The zero-order chi connectivity index (χ0) is 43.5. The maximum atomic E-state index is 13.8.